The van der Waals surface area contributed by atoms with Gasteiger partial charge in [0.25, 0.3) is 0 Å². The van der Waals surface area contributed by atoms with Crippen molar-refractivity contribution in [2.45, 2.75) is 44.2 Å². The number of nitrogens with zero attached hydrogens (tertiary/aromatic N) is 1. The Bertz CT molecular complexity index is 438. The molecule has 102 valence electrons. The fourth-order valence-electron chi connectivity index (χ4n) is 2.56. The summed E-state index contributed by atoms with van der Waals surface area (Å²) in [5, 5.41) is 3.93. The van der Waals surface area contributed by atoms with Crippen molar-refractivity contribution in [2.75, 3.05) is 12.8 Å². The largest absolute Gasteiger partial charge is 0.331 e. The molecular weight excluding hydrogens is 252 g/mol. The molecule has 0 aromatic rings. The fraction of sp³-hybridized carbons (Fsp3) is 0.750. The Morgan fingerprint density at radius 1 is 1.28 bits per heavy atom. The number of carbonyl (C=O) groups excluding carboxylic acids is 1. The van der Waals surface area contributed by atoms with Gasteiger partial charge in [-0.05, 0) is 18.9 Å². The molecule has 1 fully saturated rings. The summed E-state index contributed by atoms with van der Waals surface area (Å²) in [6.07, 6.45) is 7.21. The van der Waals surface area contributed by atoms with Crippen molar-refractivity contribution >= 4 is 15.9 Å². The Kier molecular flexibility index (Phi) is 3.94. The van der Waals surface area contributed by atoms with Gasteiger partial charge in [0, 0.05) is 18.5 Å². The zero-order valence-electron chi connectivity index (χ0n) is 10.6. The third kappa shape index (κ3) is 3.25. The van der Waals surface area contributed by atoms with Crippen LogP contribution in [0.4, 0.5) is 4.79 Å². The summed E-state index contributed by atoms with van der Waals surface area (Å²) in [6, 6.07) is -0.261. The monoisotopic (exact) mass is 272 g/mol. The van der Waals surface area contributed by atoms with E-state index >= 15 is 0 Å². The second-order valence-electron chi connectivity index (χ2n) is 5.12. The fourth-order valence-corrected chi connectivity index (χ4v) is 3.80. The molecule has 1 aliphatic heterocycles. The van der Waals surface area contributed by atoms with Gasteiger partial charge in [0.2, 0.25) is 0 Å². The summed E-state index contributed by atoms with van der Waals surface area (Å²) in [5.41, 5.74) is 0. The zero-order valence-corrected chi connectivity index (χ0v) is 11.4. The predicted octanol–water partition coefficient (Wildman–Crippen LogP) is 1.27. The van der Waals surface area contributed by atoms with E-state index in [9.17, 15) is 13.2 Å². The molecule has 1 unspecified atom stereocenters. The number of urea groups is 1. The van der Waals surface area contributed by atoms with Gasteiger partial charge in [-0.2, -0.15) is 0 Å². The van der Waals surface area contributed by atoms with Crippen molar-refractivity contribution in [1.29, 1.82) is 0 Å². The van der Waals surface area contributed by atoms with Crippen LogP contribution in [-0.2, 0) is 9.84 Å². The van der Waals surface area contributed by atoms with Crippen molar-refractivity contribution in [2.24, 2.45) is 0 Å². The summed E-state index contributed by atoms with van der Waals surface area (Å²) in [5.74, 6) is -0.0166. The van der Waals surface area contributed by atoms with Gasteiger partial charge < -0.3 is 10.2 Å². The molecule has 1 N–H and O–H groups in total. The van der Waals surface area contributed by atoms with Crippen LogP contribution in [0, 0.1) is 0 Å². The molecule has 1 saturated carbocycles. The number of hydrogen-bond acceptors (Lipinski definition) is 3. The van der Waals surface area contributed by atoms with E-state index in [0.717, 1.165) is 12.8 Å². The highest BCUT2D eigenvalue weighted by atomic mass is 32.2. The van der Waals surface area contributed by atoms with Gasteiger partial charge >= 0.3 is 6.03 Å². The third-order valence-corrected chi connectivity index (χ3v) is 5.08. The van der Waals surface area contributed by atoms with E-state index in [1.807, 2.05) is 0 Å². The molecule has 2 amide bonds. The Labute approximate surface area is 108 Å². The lowest BCUT2D eigenvalue weighted by Gasteiger charge is -2.31. The van der Waals surface area contributed by atoms with Crippen LogP contribution >= 0.6 is 0 Å². The SMILES string of the molecule is CN(C(=O)NC1C=CS(=O)(=O)C1)C1CCCCC1. The first-order valence-corrected chi connectivity index (χ1v) is 8.14. The summed E-state index contributed by atoms with van der Waals surface area (Å²) >= 11 is 0. The molecule has 0 aromatic carbocycles. The molecule has 0 spiro atoms. The maximum atomic E-state index is 12.0. The van der Waals surface area contributed by atoms with Gasteiger partial charge in [-0.1, -0.05) is 19.3 Å². The number of hydrogen-bond donors (Lipinski definition) is 1. The summed E-state index contributed by atoms with van der Waals surface area (Å²) in [6.45, 7) is 0. The lowest BCUT2D eigenvalue weighted by molar-refractivity contribution is 0.172. The first-order valence-electron chi connectivity index (χ1n) is 6.42. The van der Waals surface area contributed by atoms with Gasteiger partial charge in [0.1, 0.15) is 0 Å². The minimum absolute atomic E-state index is 0.0166. The van der Waals surface area contributed by atoms with E-state index < -0.39 is 9.84 Å². The van der Waals surface area contributed by atoms with E-state index in [1.165, 1.54) is 24.7 Å². The highest BCUT2D eigenvalue weighted by molar-refractivity contribution is 7.94. The second-order valence-corrected chi connectivity index (χ2v) is 7.05. The molecule has 1 atom stereocenters. The standard InChI is InChI=1S/C12H20N2O3S/c1-14(11-5-3-2-4-6-11)12(15)13-10-7-8-18(16,17)9-10/h7-8,10-11H,2-6,9H2,1H3,(H,13,15). The normalized spacial score (nSPS) is 27.1. The van der Waals surface area contributed by atoms with E-state index in [4.69, 9.17) is 0 Å². The van der Waals surface area contributed by atoms with Crippen molar-refractivity contribution < 1.29 is 13.2 Å². The number of carbonyl (C=O) groups is 1. The quantitative estimate of drug-likeness (QED) is 0.823. The smallest absolute Gasteiger partial charge is 0.317 e. The van der Waals surface area contributed by atoms with Crippen LogP contribution in [0.1, 0.15) is 32.1 Å². The minimum Gasteiger partial charge on any atom is -0.331 e. The van der Waals surface area contributed by atoms with Crippen molar-refractivity contribution in [1.82, 2.24) is 10.2 Å². The van der Waals surface area contributed by atoms with Gasteiger partial charge in [-0.3, -0.25) is 0 Å². The average Bonchev–Trinajstić information content (AvgIpc) is 2.68. The molecule has 6 heteroatoms. The molecule has 5 nitrogen and oxygen atoms in total. The minimum atomic E-state index is -3.11. The molecule has 0 saturated heterocycles. The van der Waals surface area contributed by atoms with Crippen LogP contribution in [0.3, 0.4) is 0 Å². The van der Waals surface area contributed by atoms with Crippen LogP contribution in [-0.4, -0.2) is 44.2 Å². The average molecular weight is 272 g/mol. The van der Waals surface area contributed by atoms with Crippen molar-refractivity contribution in [3.8, 4) is 0 Å². The van der Waals surface area contributed by atoms with Crippen LogP contribution in [0.15, 0.2) is 11.5 Å². The highest BCUT2D eigenvalue weighted by Crippen LogP contribution is 2.21. The van der Waals surface area contributed by atoms with E-state index in [0.29, 0.717) is 6.04 Å². The first-order chi connectivity index (χ1) is 8.48. The van der Waals surface area contributed by atoms with Crippen LogP contribution < -0.4 is 5.32 Å². The van der Waals surface area contributed by atoms with Gasteiger partial charge in [-0.15, -0.1) is 0 Å². The Balaban J connectivity index is 1.86. The molecule has 0 radical (unpaired) electrons. The van der Waals surface area contributed by atoms with Crippen LogP contribution in [0.25, 0.3) is 0 Å². The van der Waals surface area contributed by atoms with Crippen molar-refractivity contribution in [3.05, 3.63) is 11.5 Å². The summed E-state index contributed by atoms with van der Waals surface area (Å²) in [7, 11) is -1.32. The van der Waals surface area contributed by atoms with Gasteiger partial charge in [-0.25, -0.2) is 13.2 Å². The number of rotatable bonds is 2. The molecule has 18 heavy (non-hydrogen) atoms. The topological polar surface area (TPSA) is 66.5 Å². The number of nitrogens with one attached hydrogen (secondary N) is 1. The first kappa shape index (κ1) is 13.4. The highest BCUT2D eigenvalue weighted by Gasteiger charge is 2.27. The summed E-state index contributed by atoms with van der Waals surface area (Å²) < 4.78 is 22.5. The molecule has 0 bridgehead atoms. The van der Waals surface area contributed by atoms with Crippen LogP contribution in [0.2, 0.25) is 0 Å². The molecule has 1 aliphatic carbocycles. The number of sulfone groups is 1. The van der Waals surface area contributed by atoms with Crippen LogP contribution in [0.5, 0.6) is 0 Å². The molecule has 1 heterocycles. The Morgan fingerprint density at radius 3 is 2.50 bits per heavy atom. The second kappa shape index (κ2) is 5.30. The molecular formula is C12H20N2O3S. The molecule has 2 rings (SSSR count). The molecule has 0 aromatic heterocycles. The third-order valence-electron chi connectivity index (χ3n) is 3.68. The van der Waals surface area contributed by atoms with Gasteiger partial charge in [0.05, 0.1) is 11.8 Å². The predicted molar refractivity (Wildman–Crippen MR) is 69.9 cm³/mol. The number of amides is 2. The maximum absolute atomic E-state index is 12.0. The van der Waals surface area contributed by atoms with E-state index in [1.54, 1.807) is 18.0 Å². The molecule has 2 aliphatic rings. The lowest BCUT2D eigenvalue weighted by Crippen LogP contribution is -2.48. The Hall–Kier alpha value is -1.04. The lowest BCUT2D eigenvalue weighted by atomic mass is 9.95. The van der Waals surface area contributed by atoms with Gasteiger partial charge in [0.15, 0.2) is 9.84 Å². The van der Waals surface area contributed by atoms with Crippen molar-refractivity contribution in [3.63, 3.8) is 0 Å². The maximum Gasteiger partial charge on any atom is 0.317 e. The Morgan fingerprint density at radius 2 is 1.94 bits per heavy atom. The van der Waals surface area contributed by atoms with E-state index in [-0.39, 0.29) is 17.8 Å². The van der Waals surface area contributed by atoms with E-state index in [2.05, 4.69) is 5.32 Å². The summed E-state index contributed by atoms with van der Waals surface area (Å²) in [4.78, 5) is 13.7. The zero-order chi connectivity index (χ0) is 13.2.